The summed E-state index contributed by atoms with van der Waals surface area (Å²) in [5.74, 6) is 1.45. The monoisotopic (exact) mass is 541 g/mol. The van der Waals surface area contributed by atoms with Crippen LogP contribution in [0.15, 0.2) is 29.4 Å². The number of anilines is 4. The number of hydrogen-bond donors (Lipinski definition) is 2. The van der Waals surface area contributed by atoms with Crippen molar-refractivity contribution >= 4 is 29.0 Å². The van der Waals surface area contributed by atoms with Crippen molar-refractivity contribution in [3.05, 3.63) is 30.2 Å². The van der Waals surface area contributed by atoms with Crippen LogP contribution in [0.4, 0.5) is 27.5 Å². The van der Waals surface area contributed by atoms with Gasteiger partial charge in [-0.1, -0.05) is 0 Å². The van der Waals surface area contributed by atoms with Gasteiger partial charge in [0.2, 0.25) is 11.5 Å². The molecule has 3 aliphatic rings. The minimum Gasteiger partial charge on any atom is -0.472 e. The molecule has 0 aliphatic carbocycles. The van der Waals surface area contributed by atoms with Gasteiger partial charge in [-0.25, -0.2) is 9.37 Å². The largest absolute Gasteiger partial charge is 0.472 e. The lowest BCUT2D eigenvalue weighted by Gasteiger charge is -2.47. The second kappa shape index (κ2) is 10.9. The van der Waals surface area contributed by atoms with Crippen LogP contribution in [0.2, 0.25) is 0 Å². The lowest BCUT2D eigenvalue weighted by atomic mass is 9.84. The third-order valence-corrected chi connectivity index (χ3v) is 8.12. The van der Waals surface area contributed by atoms with Crippen molar-refractivity contribution in [2.75, 3.05) is 63.6 Å². The summed E-state index contributed by atoms with van der Waals surface area (Å²) in [5, 5.41) is 6.61. The molecular weight excluding hydrogens is 501 g/mol. The van der Waals surface area contributed by atoms with E-state index < -0.39 is 11.4 Å². The predicted molar refractivity (Wildman–Crippen MR) is 151 cm³/mol. The van der Waals surface area contributed by atoms with Gasteiger partial charge in [-0.05, 0) is 64.3 Å². The quantitative estimate of drug-likeness (QED) is 0.513. The van der Waals surface area contributed by atoms with E-state index in [9.17, 15) is 4.39 Å². The van der Waals surface area contributed by atoms with Crippen LogP contribution >= 0.6 is 0 Å². The van der Waals surface area contributed by atoms with Crippen molar-refractivity contribution in [2.24, 2.45) is 4.99 Å². The normalized spacial score (nSPS) is 24.7. The van der Waals surface area contributed by atoms with Gasteiger partial charge in [0.1, 0.15) is 5.75 Å². The van der Waals surface area contributed by atoms with Crippen LogP contribution in [0, 0.1) is 5.82 Å². The van der Waals surface area contributed by atoms with Gasteiger partial charge in [0.15, 0.2) is 17.5 Å². The lowest BCUT2D eigenvalue weighted by Crippen LogP contribution is -2.60. The Labute approximate surface area is 230 Å². The molecule has 212 valence electrons. The molecule has 10 nitrogen and oxygen atoms in total. The zero-order valence-corrected chi connectivity index (χ0v) is 23.8. The minimum atomic E-state index is -0.862. The summed E-state index contributed by atoms with van der Waals surface area (Å²) in [4.78, 5) is 17.8. The fourth-order valence-corrected chi connectivity index (χ4v) is 6.64. The van der Waals surface area contributed by atoms with Crippen LogP contribution in [0.1, 0.15) is 39.5 Å². The van der Waals surface area contributed by atoms with Gasteiger partial charge in [0, 0.05) is 51.6 Å². The standard InChI is InChI=1S/C28H40FN7O3/c1-27(2)14-19(12-20-8-7-11-36(20)27)32-24-21(29)15-31-26(34-24)33-18-9-10-23-22(13-18)35(4)25(30-3)28(39-23,16-37-5)17-38-6/h9-10,13,15,19-20H,7-8,11-12,14,16-17H2,1-6H3,(H2,31,32,33,34)/b30-25-/t19-,20+/m1/s1. The summed E-state index contributed by atoms with van der Waals surface area (Å²) in [5.41, 5.74) is 0.764. The Morgan fingerprint density at radius 1 is 1.23 bits per heavy atom. The van der Waals surface area contributed by atoms with Crippen molar-refractivity contribution in [1.82, 2.24) is 14.9 Å². The van der Waals surface area contributed by atoms with E-state index in [1.165, 1.54) is 19.0 Å². The number of halogens is 1. The van der Waals surface area contributed by atoms with Crippen molar-refractivity contribution in [1.29, 1.82) is 0 Å². The number of ether oxygens (including phenoxy) is 3. The molecule has 1 aromatic carbocycles. The molecule has 2 fully saturated rings. The Morgan fingerprint density at radius 2 is 2.00 bits per heavy atom. The first kappa shape index (κ1) is 27.5. The fraction of sp³-hybridized carbons (Fsp3) is 0.607. The van der Waals surface area contributed by atoms with E-state index in [4.69, 9.17) is 14.2 Å². The molecule has 0 saturated carbocycles. The molecule has 2 aromatic rings. The molecule has 0 amide bonds. The molecule has 0 bridgehead atoms. The van der Waals surface area contributed by atoms with Gasteiger partial charge in [-0.15, -0.1) is 0 Å². The summed E-state index contributed by atoms with van der Waals surface area (Å²) in [6.07, 6.45) is 5.55. The molecule has 0 radical (unpaired) electrons. The molecule has 39 heavy (non-hydrogen) atoms. The van der Waals surface area contributed by atoms with Crippen LogP contribution in [-0.2, 0) is 9.47 Å². The SMILES string of the molecule is C/N=C1\N(C)c2cc(Nc3ncc(F)c(N[C@@H]4C[C@@H]5CCCN5C(C)(C)C4)n3)ccc2OC1(COC)COC. The number of aromatic nitrogens is 2. The summed E-state index contributed by atoms with van der Waals surface area (Å²) in [6.45, 7) is 6.28. The molecule has 3 aliphatic heterocycles. The van der Waals surface area contributed by atoms with Gasteiger partial charge in [0.25, 0.3) is 0 Å². The van der Waals surface area contributed by atoms with Gasteiger partial charge < -0.3 is 29.7 Å². The summed E-state index contributed by atoms with van der Waals surface area (Å²) in [6, 6.07) is 6.37. The first-order valence-electron chi connectivity index (χ1n) is 13.5. The number of likely N-dealkylation sites (N-methyl/N-ethyl adjacent to an activating group) is 1. The molecule has 5 rings (SSSR count). The highest BCUT2D eigenvalue weighted by Gasteiger charge is 2.46. The van der Waals surface area contributed by atoms with Gasteiger partial charge in [-0.2, -0.15) is 4.98 Å². The number of nitrogens with zero attached hydrogens (tertiary/aromatic N) is 5. The highest BCUT2D eigenvalue weighted by Crippen LogP contribution is 2.41. The van der Waals surface area contributed by atoms with Gasteiger partial charge in [0.05, 0.1) is 25.1 Å². The Kier molecular flexibility index (Phi) is 7.67. The number of benzene rings is 1. The van der Waals surface area contributed by atoms with Crippen LogP contribution in [-0.4, -0.2) is 92.0 Å². The predicted octanol–water partition coefficient (Wildman–Crippen LogP) is 4.07. The van der Waals surface area contributed by atoms with E-state index >= 15 is 0 Å². The molecule has 11 heteroatoms. The van der Waals surface area contributed by atoms with E-state index in [0.717, 1.165) is 30.8 Å². The highest BCUT2D eigenvalue weighted by atomic mass is 19.1. The van der Waals surface area contributed by atoms with Crippen LogP contribution < -0.4 is 20.3 Å². The first-order chi connectivity index (χ1) is 18.7. The van der Waals surface area contributed by atoms with Crippen LogP contribution in [0.5, 0.6) is 5.75 Å². The zero-order valence-electron chi connectivity index (χ0n) is 23.8. The summed E-state index contributed by atoms with van der Waals surface area (Å²) in [7, 11) is 6.91. The molecule has 2 N–H and O–H groups in total. The Balaban J connectivity index is 1.35. The van der Waals surface area contributed by atoms with E-state index in [2.05, 4.69) is 44.3 Å². The van der Waals surface area contributed by atoms with Crippen molar-refractivity contribution in [3.8, 4) is 5.75 Å². The maximum atomic E-state index is 14.8. The molecule has 0 spiro atoms. The van der Waals surface area contributed by atoms with E-state index in [1.54, 1.807) is 21.3 Å². The second-order valence-corrected chi connectivity index (χ2v) is 11.3. The maximum absolute atomic E-state index is 14.8. The van der Waals surface area contributed by atoms with E-state index in [-0.39, 0.29) is 30.6 Å². The number of rotatable bonds is 8. The number of hydrogen-bond acceptors (Lipinski definition) is 9. The molecule has 0 unspecified atom stereocenters. The smallest absolute Gasteiger partial charge is 0.229 e. The third kappa shape index (κ3) is 5.27. The van der Waals surface area contributed by atoms with Crippen LogP contribution in [0.25, 0.3) is 0 Å². The Bertz CT molecular complexity index is 1220. The molecular formula is C28H40FN7O3. The number of nitrogens with one attached hydrogen (secondary N) is 2. The van der Waals surface area contributed by atoms with Crippen molar-refractivity contribution in [2.45, 2.75) is 62.8 Å². The van der Waals surface area contributed by atoms with Crippen molar-refractivity contribution in [3.63, 3.8) is 0 Å². The summed E-state index contributed by atoms with van der Waals surface area (Å²) >= 11 is 0. The van der Waals surface area contributed by atoms with Gasteiger partial charge in [-0.3, -0.25) is 9.89 Å². The number of amidine groups is 1. The third-order valence-electron chi connectivity index (χ3n) is 8.12. The maximum Gasteiger partial charge on any atom is 0.229 e. The molecule has 2 atom stereocenters. The lowest BCUT2D eigenvalue weighted by molar-refractivity contribution is -0.0167. The Hall–Kier alpha value is -3.02. The number of piperidine rings is 1. The molecule has 1 aromatic heterocycles. The van der Waals surface area contributed by atoms with E-state index in [1.807, 2.05) is 30.1 Å². The molecule has 2 saturated heterocycles. The topological polar surface area (TPSA) is 96.4 Å². The molecule has 4 heterocycles. The van der Waals surface area contributed by atoms with Gasteiger partial charge >= 0.3 is 0 Å². The van der Waals surface area contributed by atoms with Crippen LogP contribution in [0.3, 0.4) is 0 Å². The second-order valence-electron chi connectivity index (χ2n) is 11.3. The Morgan fingerprint density at radius 3 is 2.72 bits per heavy atom. The highest BCUT2D eigenvalue weighted by molar-refractivity contribution is 6.07. The number of aliphatic imine (C=N–C) groups is 1. The van der Waals surface area contributed by atoms with Crippen molar-refractivity contribution < 1.29 is 18.6 Å². The zero-order chi connectivity index (χ0) is 27.8. The fourth-order valence-electron chi connectivity index (χ4n) is 6.64. The minimum absolute atomic E-state index is 0.0731. The van der Waals surface area contributed by atoms with E-state index in [0.29, 0.717) is 23.6 Å². The number of methoxy groups -OCH3 is 2. The average molecular weight is 542 g/mol. The number of fused-ring (bicyclic) bond motifs is 2. The average Bonchev–Trinajstić information content (AvgIpc) is 3.37. The first-order valence-corrected chi connectivity index (χ1v) is 13.5. The summed E-state index contributed by atoms with van der Waals surface area (Å²) < 4.78 is 32.1.